The molecule has 2 aliphatic rings. The van der Waals surface area contributed by atoms with Crippen LogP contribution in [-0.2, 0) is 26.1 Å². The van der Waals surface area contributed by atoms with Crippen LogP contribution < -0.4 is 10.6 Å². The molecule has 3 aromatic rings. The molecule has 4 N–H and O–H groups in total. The van der Waals surface area contributed by atoms with Gasteiger partial charge in [-0.3, -0.25) is 4.90 Å². The molecular formula is C25H30F3N5O2. The number of carbonyl (C=O) groups is 1. The summed E-state index contributed by atoms with van der Waals surface area (Å²) in [5.41, 5.74) is 10.7. The predicted octanol–water partition coefficient (Wildman–Crippen LogP) is 4.62. The zero-order chi connectivity index (χ0) is 25.2. The summed E-state index contributed by atoms with van der Waals surface area (Å²) in [4.78, 5) is 24.9. The van der Waals surface area contributed by atoms with Crippen molar-refractivity contribution >= 4 is 22.8 Å². The van der Waals surface area contributed by atoms with E-state index in [0.29, 0.717) is 17.9 Å². The summed E-state index contributed by atoms with van der Waals surface area (Å²) in [6.07, 6.45) is -2.77. The van der Waals surface area contributed by atoms with Gasteiger partial charge in [0.05, 0.1) is 23.3 Å². The average molecular weight is 490 g/mol. The molecule has 0 saturated heterocycles. The van der Waals surface area contributed by atoms with Gasteiger partial charge in [-0.25, -0.2) is 9.78 Å². The highest BCUT2D eigenvalue weighted by Crippen LogP contribution is 2.37. The number of alkyl halides is 3. The zero-order valence-electron chi connectivity index (χ0n) is 19.6. The number of carbonyl (C=O) groups excluding carboxylic acids is 1. The Labute approximate surface area is 201 Å². The van der Waals surface area contributed by atoms with E-state index in [0.717, 1.165) is 47.8 Å². The first-order chi connectivity index (χ1) is 16.8. The molecule has 2 heterocycles. The lowest BCUT2D eigenvalue weighted by molar-refractivity contribution is -0.135. The molecule has 0 bridgehead atoms. The third-order valence-corrected chi connectivity index (χ3v) is 6.41. The number of aryl methyl sites for hydroxylation is 1. The number of aromatic amines is 1. The fraction of sp³-hybridized carbons (Fsp3) is 0.440. The van der Waals surface area contributed by atoms with Gasteiger partial charge in [-0.05, 0) is 54.5 Å². The molecular weight excluding hydrogens is 459 g/mol. The first kappa shape index (κ1) is 25.0. The molecule has 0 atom stereocenters. The van der Waals surface area contributed by atoms with Crippen molar-refractivity contribution in [3.05, 3.63) is 58.9 Å². The largest absolute Gasteiger partial charge is 0.400 e. The standard InChI is InChI=1S/C24H26F3N5O.CH4O/c25-24(26,27)11-3-5-18-15(12-28)7-10-19-22(18)30-21(29-19)14-32-20-6-2-1-4-16(20)13-31(23(32)33)17-8-9-17;1-2/h1-2,4,6-7,10,17H,3,5,8-9,11-14,28H2,(H,29,30);2H,1H3. The zero-order valence-corrected chi connectivity index (χ0v) is 19.6. The maximum Gasteiger partial charge on any atom is 0.389 e. The Balaban J connectivity index is 0.00000141. The highest BCUT2D eigenvalue weighted by molar-refractivity contribution is 5.95. The number of hydrogen-bond donors (Lipinski definition) is 3. The number of nitrogens with zero attached hydrogens (tertiary/aromatic N) is 3. The summed E-state index contributed by atoms with van der Waals surface area (Å²) in [7, 11) is 1.00. The van der Waals surface area contributed by atoms with Crippen molar-refractivity contribution in [2.45, 2.75) is 64.0 Å². The van der Waals surface area contributed by atoms with E-state index in [9.17, 15) is 18.0 Å². The Morgan fingerprint density at radius 2 is 1.91 bits per heavy atom. The molecule has 188 valence electrons. The number of hydrogen-bond acceptors (Lipinski definition) is 4. The normalized spacial score (nSPS) is 15.8. The number of nitrogens with two attached hydrogens (primary N) is 1. The van der Waals surface area contributed by atoms with Gasteiger partial charge < -0.3 is 20.7 Å². The van der Waals surface area contributed by atoms with Crippen LogP contribution in [0.3, 0.4) is 0 Å². The third-order valence-electron chi connectivity index (χ3n) is 6.41. The second-order valence-corrected chi connectivity index (χ2v) is 8.81. The molecule has 10 heteroatoms. The maximum atomic E-state index is 13.3. The van der Waals surface area contributed by atoms with Crippen LogP contribution in [-0.4, -0.2) is 45.3 Å². The van der Waals surface area contributed by atoms with Crippen LogP contribution in [0.4, 0.5) is 23.7 Å². The third kappa shape index (κ3) is 5.43. The number of aliphatic hydroxyl groups excluding tert-OH is 1. The number of aromatic nitrogens is 2. The minimum Gasteiger partial charge on any atom is -0.400 e. The Hall–Kier alpha value is -3.11. The Bertz CT molecular complexity index is 1190. The number of para-hydroxylation sites is 1. The fourth-order valence-corrected chi connectivity index (χ4v) is 4.63. The molecule has 0 unspecified atom stereocenters. The predicted molar refractivity (Wildman–Crippen MR) is 128 cm³/mol. The van der Waals surface area contributed by atoms with Crippen molar-refractivity contribution in [3.8, 4) is 0 Å². The van der Waals surface area contributed by atoms with Gasteiger partial charge in [-0.2, -0.15) is 13.2 Å². The monoisotopic (exact) mass is 489 g/mol. The molecule has 1 aromatic heterocycles. The van der Waals surface area contributed by atoms with Gasteiger partial charge in [0.15, 0.2) is 0 Å². The topological polar surface area (TPSA) is 98.5 Å². The van der Waals surface area contributed by atoms with E-state index in [1.54, 1.807) is 4.90 Å². The lowest BCUT2D eigenvalue weighted by atomic mass is 10.00. The van der Waals surface area contributed by atoms with E-state index in [2.05, 4.69) is 4.98 Å². The van der Waals surface area contributed by atoms with Crippen molar-refractivity contribution in [1.82, 2.24) is 14.9 Å². The molecule has 1 aliphatic carbocycles. The van der Waals surface area contributed by atoms with Crippen LogP contribution in [0, 0.1) is 0 Å². The SMILES string of the molecule is CO.NCc1ccc2[nH]c(CN3C(=O)N(C4CC4)Cc4ccccc43)nc2c1CCCC(F)(F)F. The number of amides is 2. The number of fused-ring (bicyclic) bond motifs is 2. The highest BCUT2D eigenvalue weighted by atomic mass is 19.4. The average Bonchev–Trinajstić information content (AvgIpc) is 3.60. The van der Waals surface area contributed by atoms with Gasteiger partial charge >= 0.3 is 12.2 Å². The van der Waals surface area contributed by atoms with Crippen LogP contribution in [0.25, 0.3) is 11.0 Å². The number of benzene rings is 2. The molecule has 0 spiro atoms. The van der Waals surface area contributed by atoms with Crippen LogP contribution in [0.1, 0.15) is 48.2 Å². The minimum atomic E-state index is -4.19. The van der Waals surface area contributed by atoms with Gasteiger partial charge in [0.2, 0.25) is 0 Å². The first-order valence-electron chi connectivity index (χ1n) is 11.7. The van der Waals surface area contributed by atoms with E-state index in [4.69, 9.17) is 15.8 Å². The van der Waals surface area contributed by atoms with E-state index >= 15 is 0 Å². The molecule has 1 aliphatic heterocycles. The van der Waals surface area contributed by atoms with Gasteiger partial charge in [0.1, 0.15) is 5.82 Å². The van der Waals surface area contributed by atoms with Crippen molar-refractivity contribution in [3.63, 3.8) is 0 Å². The van der Waals surface area contributed by atoms with Crippen molar-refractivity contribution in [1.29, 1.82) is 0 Å². The van der Waals surface area contributed by atoms with Crippen LogP contribution in [0.15, 0.2) is 36.4 Å². The lowest BCUT2D eigenvalue weighted by Crippen LogP contribution is -2.47. The number of rotatable bonds is 7. The summed E-state index contributed by atoms with van der Waals surface area (Å²) >= 11 is 0. The number of anilines is 1. The fourth-order valence-electron chi connectivity index (χ4n) is 4.63. The highest BCUT2D eigenvalue weighted by Gasteiger charge is 2.39. The van der Waals surface area contributed by atoms with Crippen LogP contribution >= 0.6 is 0 Å². The Morgan fingerprint density at radius 3 is 2.60 bits per heavy atom. The van der Waals surface area contributed by atoms with Crippen LogP contribution in [0.5, 0.6) is 0 Å². The maximum absolute atomic E-state index is 13.3. The summed E-state index contributed by atoms with van der Waals surface area (Å²) in [5, 5.41) is 7.00. The number of nitrogens with one attached hydrogen (secondary N) is 1. The molecule has 35 heavy (non-hydrogen) atoms. The molecule has 1 saturated carbocycles. The van der Waals surface area contributed by atoms with E-state index in [1.807, 2.05) is 41.3 Å². The first-order valence-corrected chi connectivity index (χ1v) is 11.7. The number of aliphatic hydroxyl groups is 1. The smallest absolute Gasteiger partial charge is 0.389 e. The Kier molecular flexibility index (Phi) is 7.32. The lowest BCUT2D eigenvalue weighted by Gasteiger charge is -2.37. The summed E-state index contributed by atoms with van der Waals surface area (Å²) < 4.78 is 38.0. The molecule has 2 amide bonds. The van der Waals surface area contributed by atoms with Gasteiger partial charge in [0, 0.05) is 32.7 Å². The molecule has 7 nitrogen and oxygen atoms in total. The summed E-state index contributed by atoms with van der Waals surface area (Å²) in [6.45, 7) is 1.10. The number of H-pyrrole nitrogens is 1. The quantitative estimate of drug-likeness (QED) is 0.451. The van der Waals surface area contributed by atoms with Crippen molar-refractivity contribution in [2.75, 3.05) is 12.0 Å². The summed E-state index contributed by atoms with van der Waals surface area (Å²) in [6, 6.07) is 11.8. The van der Waals surface area contributed by atoms with Crippen LogP contribution in [0.2, 0.25) is 0 Å². The second kappa shape index (κ2) is 10.2. The van der Waals surface area contributed by atoms with Gasteiger partial charge in [0.25, 0.3) is 0 Å². The summed E-state index contributed by atoms with van der Waals surface area (Å²) in [5.74, 6) is 0.594. The second-order valence-electron chi connectivity index (χ2n) is 8.81. The molecule has 0 radical (unpaired) electrons. The van der Waals surface area contributed by atoms with Crippen molar-refractivity contribution < 1.29 is 23.1 Å². The molecule has 2 aromatic carbocycles. The van der Waals surface area contributed by atoms with E-state index < -0.39 is 12.6 Å². The van der Waals surface area contributed by atoms with Gasteiger partial charge in [-0.1, -0.05) is 24.3 Å². The van der Waals surface area contributed by atoms with E-state index in [-0.39, 0.29) is 38.0 Å². The van der Waals surface area contributed by atoms with E-state index in [1.165, 1.54) is 0 Å². The Morgan fingerprint density at radius 1 is 1.17 bits per heavy atom. The number of halogens is 3. The van der Waals surface area contributed by atoms with Crippen molar-refractivity contribution in [2.24, 2.45) is 5.73 Å². The molecule has 1 fully saturated rings. The number of imidazole rings is 1. The molecule has 5 rings (SSSR count). The minimum absolute atomic E-state index is 0.0217. The number of urea groups is 1. The van der Waals surface area contributed by atoms with Gasteiger partial charge in [-0.15, -0.1) is 0 Å².